The largest absolute Gasteiger partial charge is 0.469 e. The number of rotatable bonds is 6. The number of aryl methyl sites for hydroxylation is 1. The molecule has 0 atom stereocenters. The van der Waals surface area contributed by atoms with E-state index in [9.17, 15) is 18.0 Å². The number of sulfone groups is 1. The molecule has 0 N–H and O–H groups in total. The van der Waals surface area contributed by atoms with Crippen LogP contribution in [-0.2, 0) is 25.8 Å². The molecule has 1 saturated heterocycles. The van der Waals surface area contributed by atoms with Gasteiger partial charge >= 0.3 is 12.0 Å². The maximum Gasteiger partial charge on any atom is 0.329 e. The number of benzene rings is 2. The van der Waals surface area contributed by atoms with E-state index >= 15 is 0 Å². The number of esters is 1. The first-order chi connectivity index (χ1) is 14.2. The van der Waals surface area contributed by atoms with Crippen molar-refractivity contribution in [1.82, 2.24) is 0 Å². The summed E-state index contributed by atoms with van der Waals surface area (Å²) in [5.74, 6) is -0.284. The minimum atomic E-state index is -3.63. The predicted molar refractivity (Wildman–Crippen MR) is 111 cm³/mol. The van der Waals surface area contributed by atoms with E-state index in [-0.39, 0.29) is 34.6 Å². The maximum atomic E-state index is 13.0. The number of urea groups is 1. The third kappa shape index (κ3) is 4.44. The Morgan fingerprint density at radius 2 is 1.80 bits per heavy atom. The molecule has 30 heavy (non-hydrogen) atoms. The highest BCUT2D eigenvalue weighted by Gasteiger charge is 2.33. The van der Waals surface area contributed by atoms with Gasteiger partial charge in [0.1, 0.15) is 0 Å². The first-order valence-electron chi connectivity index (χ1n) is 9.23. The Morgan fingerprint density at radius 1 is 1.13 bits per heavy atom. The number of hydrogen-bond donors (Lipinski definition) is 0. The highest BCUT2D eigenvalue weighted by molar-refractivity contribution is 7.90. The SMILES string of the molecule is COC(=O)CCc1ccc(N2CCN(c3ccc(C#N)cc3S(C)(=O)=O)C2=O)cc1. The van der Waals surface area contributed by atoms with Gasteiger partial charge in [-0.1, -0.05) is 12.1 Å². The van der Waals surface area contributed by atoms with Crippen molar-refractivity contribution in [3.63, 3.8) is 0 Å². The predicted octanol–water partition coefficient (Wildman–Crippen LogP) is 2.51. The Balaban J connectivity index is 1.82. The van der Waals surface area contributed by atoms with E-state index in [1.54, 1.807) is 17.0 Å². The molecule has 3 rings (SSSR count). The summed E-state index contributed by atoms with van der Waals surface area (Å²) >= 11 is 0. The molecule has 2 amide bonds. The Bertz CT molecular complexity index is 1120. The second-order valence-corrected chi connectivity index (χ2v) is 8.88. The number of carbonyl (C=O) groups is 2. The molecule has 0 radical (unpaired) electrons. The van der Waals surface area contributed by atoms with Gasteiger partial charge in [0, 0.05) is 31.5 Å². The molecule has 0 aliphatic carbocycles. The quantitative estimate of drug-likeness (QED) is 0.656. The molecule has 9 heteroatoms. The van der Waals surface area contributed by atoms with Gasteiger partial charge in [-0.3, -0.25) is 14.6 Å². The summed E-state index contributed by atoms with van der Waals surface area (Å²) in [6, 6.07) is 13.1. The van der Waals surface area contributed by atoms with Crippen LogP contribution in [0.15, 0.2) is 47.4 Å². The summed E-state index contributed by atoms with van der Waals surface area (Å²) in [6.07, 6.45) is 1.87. The van der Waals surface area contributed by atoms with Crippen molar-refractivity contribution in [2.75, 3.05) is 36.3 Å². The molecule has 2 aromatic carbocycles. The van der Waals surface area contributed by atoms with E-state index < -0.39 is 9.84 Å². The average Bonchev–Trinajstić information content (AvgIpc) is 3.12. The van der Waals surface area contributed by atoms with Crippen LogP contribution < -0.4 is 9.80 Å². The Hall–Kier alpha value is -3.38. The number of methoxy groups -OCH3 is 1. The van der Waals surface area contributed by atoms with Crippen molar-refractivity contribution in [2.24, 2.45) is 0 Å². The smallest absolute Gasteiger partial charge is 0.329 e. The third-order valence-electron chi connectivity index (χ3n) is 4.88. The Labute approximate surface area is 175 Å². The molecule has 0 saturated carbocycles. The fourth-order valence-electron chi connectivity index (χ4n) is 3.29. The van der Waals surface area contributed by atoms with Crippen molar-refractivity contribution in [1.29, 1.82) is 5.26 Å². The van der Waals surface area contributed by atoms with Gasteiger partial charge in [-0.25, -0.2) is 13.2 Å². The molecule has 1 aliphatic heterocycles. The first kappa shape index (κ1) is 21.3. The van der Waals surface area contributed by atoms with Crippen LogP contribution in [0.3, 0.4) is 0 Å². The number of nitrogens with zero attached hydrogens (tertiary/aromatic N) is 3. The summed E-state index contributed by atoms with van der Waals surface area (Å²) in [4.78, 5) is 27.2. The normalized spacial score (nSPS) is 14.0. The number of amides is 2. The van der Waals surface area contributed by atoms with Crippen LogP contribution in [0.1, 0.15) is 17.5 Å². The number of anilines is 2. The molecular weight excluding hydrogens is 406 g/mol. The summed E-state index contributed by atoms with van der Waals surface area (Å²) < 4.78 is 29.1. The van der Waals surface area contributed by atoms with Crippen molar-refractivity contribution < 1.29 is 22.7 Å². The molecule has 1 fully saturated rings. The maximum absolute atomic E-state index is 13.0. The van der Waals surface area contributed by atoms with E-state index in [0.717, 1.165) is 11.8 Å². The Kier molecular flexibility index (Phi) is 6.08. The number of hydrogen-bond acceptors (Lipinski definition) is 6. The molecule has 1 heterocycles. The lowest BCUT2D eigenvalue weighted by atomic mass is 10.1. The second kappa shape index (κ2) is 8.55. The molecule has 0 bridgehead atoms. The van der Waals surface area contributed by atoms with Gasteiger partial charge in [0.05, 0.1) is 29.3 Å². The van der Waals surface area contributed by atoms with Gasteiger partial charge < -0.3 is 4.74 Å². The van der Waals surface area contributed by atoms with Crippen molar-refractivity contribution >= 4 is 33.2 Å². The molecular formula is C21H21N3O5S. The van der Waals surface area contributed by atoms with Gasteiger partial charge in [-0.15, -0.1) is 0 Å². The van der Waals surface area contributed by atoms with Gasteiger partial charge in [0.15, 0.2) is 9.84 Å². The van der Waals surface area contributed by atoms with E-state index in [1.165, 1.54) is 30.2 Å². The molecule has 8 nitrogen and oxygen atoms in total. The lowest BCUT2D eigenvalue weighted by Gasteiger charge is -2.21. The van der Waals surface area contributed by atoms with Crippen molar-refractivity contribution in [2.45, 2.75) is 17.7 Å². The number of nitriles is 1. The van der Waals surface area contributed by atoms with Crippen LogP contribution in [0.5, 0.6) is 0 Å². The monoisotopic (exact) mass is 427 g/mol. The molecule has 0 spiro atoms. The summed E-state index contributed by atoms with van der Waals surface area (Å²) in [5.41, 5.74) is 2.10. The highest BCUT2D eigenvalue weighted by atomic mass is 32.2. The van der Waals surface area contributed by atoms with Crippen LogP contribution in [0, 0.1) is 11.3 Å². The van der Waals surface area contributed by atoms with Gasteiger partial charge in [0.2, 0.25) is 0 Å². The van der Waals surface area contributed by atoms with E-state index in [4.69, 9.17) is 5.26 Å². The lowest BCUT2D eigenvalue weighted by molar-refractivity contribution is -0.140. The zero-order valence-electron chi connectivity index (χ0n) is 16.7. The molecule has 0 aromatic heterocycles. The molecule has 2 aromatic rings. The summed E-state index contributed by atoms with van der Waals surface area (Å²) in [6.45, 7) is 0.709. The van der Waals surface area contributed by atoms with Gasteiger partial charge in [-0.2, -0.15) is 5.26 Å². The third-order valence-corrected chi connectivity index (χ3v) is 6.01. The van der Waals surface area contributed by atoms with Crippen LogP contribution >= 0.6 is 0 Å². The molecule has 0 unspecified atom stereocenters. The highest BCUT2D eigenvalue weighted by Crippen LogP contribution is 2.31. The van der Waals surface area contributed by atoms with Crippen molar-refractivity contribution in [3.05, 3.63) is 53.6 Å². The molecule has 1 aliphatic rings. The van der Waals surface area contributed by atoms with Crippen molar-refractivity contribution in [3.8, 4) is 6.07 Å². The van der Waals surface area contributed by atoms with E-state index in [1.807, 2.05) is 18.2 Å². The molecule has 156 valence electrons. The fraction of sp³-hybridized carbons (Fsp3) is 0.286. The standard InChI is InChI=1S/C21H21N3O5S/c1-29-20(25)10-6-15-3-7-17(8-4-15)23-11-12-24(21(23)26)18-9-5-16(14-22)13-19(18)30(2,27)28/h3-5,7-9,13H,6,10-12H2,1-2H3. The Morgan fingerprint density at radius 3 is 2.40 bits per heavy atom. The second-order valence-electron chi connectivity index (χ2n) is 6.89. The van der Waals surface area contributed by atoms with Crippen LogP contribution in [-0.4, -0.2) is 46.9 Å². The lowest BCUT2D eigenvalue weighted by Crippen LogP contribution is -2.32. The topological polar surface area (TPSA) is 108 Å². The van der Waals surface area contributed by atoms with Crippen LogP contribution in [0.25, 0.3) is 0 Å². The van der Waals surface area contributed by atoms with Gasteiger partial charge in [-0.05, 0) is 42.3 Å². The van der Waals surface area contributed by atoms with Crippen LogP contribution in [0.4, 0.5) is 16.2 Å². The fourth-order valence-corrected chi connectivity index (χ4v) is 4.19. The number of ether oxygens (including phenoxy) is 1. The summed E-state index contributed by atoms with van der Waals surface area (Å²) in [7, 11) is -2.29. The number of carbonyl (C=O) groups excluding carboxylic acids is 2. The zero-order chi connectivity index (χ0) is 21.9. The van der Waals surface area contributed by atoms with Gasteiger partial charge in [0.25, 0.3) is 0 Å². The van der Waals surface area contributed by atoms with Crippen LogP contribution in [0.2, 0.25) is 0 Å². The summed E-state index contributed by atoms with van der Waals surface area (Å²) in [5, 5.41) is 9.07. The first-order valence-corrected chi connectivity index (χ1v) is 11.1. The van der Waals surface area contributed by atoms with E-state index in [2.05, 4.69) is 4.74 Å². The van der Waals surface area contributed by atoms with E-state index in [0.29, 0.717) is 25.2 Å². The average molecular weight is 427 g/mol. The minimum absolute atomic E-state index is 0.0464. The zero-order valence-corrected chi connectivity index (χ0v) is 17.5. The minimum Gasteiger partial charge on any atom is -0.469 e.